The molecule has 1 aromatic carbocycles. The van der Waals surface area contributed by atoms with E-state index in [1.165, 1.54) is 5.57 Å². The zero-order valence-corrected chi connectivity index (χ0v) is 26.4. The van der Waals surface area contributed by atoms with Crippen LogP contribution in [-0.2, 0) is 4.79 Å². The highest BCUT2D eigenvalue weighted by Gasteiger charge is 2.43. The Kier molecular flexibility index (Phi) is 9.74. The molecule has 0 bridgehead atoms. The molecule has 1 unspecified atom stereocenters. The quantitative estimate of drug-likeness (QED) is 0.453. The van der Waals surface area contributed by atoms with Gasteiger partial charge in [-0.05, 0) is 74.9 Å². The van der Waals surface area contributed by atoms with E-state index in [9.17, 15) is 27.6 Å². The van der Waals surface area contributed by atoms with Gasteiger partial charge >= 0.3 is 18.1 Å². The summed E-state index contributed by atoms with van der Waals surface area (Å²) in [4.78, 5) is 49.1. The molecule has 1 atom stereocenters. The molecule has 45 heavy (non-hydrogen) atoms. The minimum absolute atomic E-state index is 0.0254. The molecule has 2 fully saturated rings. The normalized spacial score (nSPS) is 19.0. The molecule has 5 rings (SSSR count). The number of rotatable bonds is 7. The third-order valence-electron chi connectivity index (χ3n) is 8.89. The summed E-state index contributed by atoms with van der Waals surface area (Å²) >= 11 is 6.39. The van der Waals surface area contributed by atoms with Crippen molar-refractivity contribution in [3.05, 3.63) is 69.6 Å². The van der Waals surface area contributed by atoms with Crippen LogP contribution in [0.25, 0.3) is 0 Å². The number of nitrogens with one attached hydrogen (secondary N) is 1. The lowest BCUT2D eigenvalue weighted by atomic mass is 10.1. The summed E-state index contributed by atoms with van der Waals surface area (Å²) in [5.41, 5.74) is 5.01. The highest BCUT2D eigenvalue weighted by atomic mass is 35.5. The second-order valence-corrected chi connectivity index (χ2v) is 12.5. The maximum Gasteiger partial charge on any atom is 0.471 e. The molecule has 242 valence electrons. The number of aryl methyl sites for hydroxylation is 3. The van der Waals surface area contributed by atoms with E-state index >= 15 is 0 Å². The highest BCUT2D eigenvalue weighted by molar-refractivity contribution is 6.31. The van der Waals surface area contributed by atoms with Crippen LogP contribution in [0.1, 0.15) is 46.4 Å². The number of amides is 4. The van der Waals surface area contributed by atoms with Crippen molar-refractivity contribution in [3.63, 3.8) is 0 Å². The number of pyridine rings is 1. The summed E-state index contributed by atoms with van der Waals surface area (Å²) in [6.45, 7) is 8.84. The van der Waals surface area contributed by atoms with Crippen molar-refractivity contribution < 1.29 is 27.6 Å². The predicted molar refractivity (Wildman–Crippen MR) is 165 cm³/mol. The van der Waals surface area contributed by atoms with Crippen molar-refractivity contribution in [2.45, 2.75) is 52.3 Å². The number of aromatic nitrogens is 1. The Balaban J connectivity index is 1.17. The van der Waals surface area contributed by atoms with Gasteiger partial charge in [0.2, 0.25) is 0 Å². The van der Waals surface area contributed by atoms with E-state index in [0.717, 1.165) is 41.4 Å². The fourth-order valence-electron chi connectivity index (χ4n) is 6.37. The van der Waals surface area contributed by atoms with Crippen LogP contribution < -0.4 is 10.2 Å². The average molecular weight is 647 g/mol. The van der Waals surface area contributed by atoms with E-state index in [1.54, 1.807) is 22.1 Å². The van der Waals surface area contributed by atoms with Crippen LogP contribution >= 0.6 is 11.6 Å². The van der Waals surface area contributed by atoms with E-state index < -0.39 is 12.1 Å². The molecule has 2 saturated heterocycles. The zero-order chi connectivity index (χ0) is 32.5. The number of nitrogens with zero attached hydrogens (tertiary/aromatic N) is 5. The van der Waals surface area contributed by atoms with E-state index in [1.807, 2.05) is 45.2 Å². The van der Waals surface area contributed by atoms with E-state index in [0.29, 0.717) is 35.8 Å². The second-order valence-electron chi connectivity index (χ2n) is 12.1. The predicted octanol–water partition coefficient (Wildman–Crippen LogP) is 5.09. The molecule has 4 amide bonds. The molecule has 0 spiro atoms. The zero-order valence-electron chi connectivity index (χ0n) is 25.7. The third-order valence-corrected chi connectivity index (χ3v) is 9.30. The summed E-state index contributed by atoms with van der Waals surface area (Å²) in [6, 6.07) is 6.55. The Hall–Kier alpha value is -3.64. The average Bonchev–Trinajstić information content (AvgIpc) is 3.55. The van der Waals surface area contributed by atoms with Crippen molar-refractivity contribution in [2.24, 2.45) is 5.92 Å². The molecule has 2 aromatic rings. The van der Waals surface area contributed by atoms with Crippen molar-refractivity contribution in [2.75, 3.05) is 50.7 Å². The first-order valence-corrected chi connectivity index (χ1v) is 15.6. The third kappa shape index (κ3) is 7.44. The summed E-state index contributed by atoms with van der Waals surface area (Å²) in [7, 11) is 0. The highest BCUT2D eigenvalue weighted by Crippen LogP contribution is 2.31. The first-order chi connectivity index (χ1) is 21.3. The van der Waals surface area contributed by atoms with E-state index in [-0.39, 0.29) is 49.8 Å². The van der Waals surface area contributed by atoms with E-state index in [2.05, 4.69) is 15.2 Å². The number of fused-ring (bicyclic) bond motifs is 1. The maximum absolute atomic E-state index is 13.5. The molecule has 3 aliphatic rings. The lowest BCUT2D eigenvalue weighted by Gasteiger charge is -2.34. The van der Waals surface area contributed by atoms with Crippen LogP contribution in [0.15, 0.2) is 42.2 Å². The van der Waals surface area contributed by atoms with Crippen LogP contribution in [0.2, 0.25) is 5.02 Å². The number of piperidine rings is 1. The van der Waals surface area contributed by atoms with Gasteiger partial charge in [-0.2, -0.15) is 13.2 Å². The van der Waals surface area contributed by atoms with Gasteiger partial charge in [-0.3, -0.25) is 24.4 Å². The smallest absolute Gasteiger partial charge is 0.335 e. The number of anilines is 1. The Bertz CT molecular complexity index is 1470. The number of carbonyl (C=O) groups is 3. The van der Waals surface area contributed by atoms with Gasteiger partial charge < -0.3 is 15.1 Å². The van der Waals surface area contributed by atoms with Gasteiger partial charge in [0.25, 0.3) is 5.91 Å². The van der Waals surface area contributed by atoms with Crippen molar-refractivity contribution in [1.29, 1.82) is 0 Å². The Morgan fingerprint density at radius 1 is 1.07 bits per heavy atom. The molecule has 13 heteroatoms. The summed E-state index contributed by atoms with van der Waals surface area (Å²) < 4.78 is 38.5. The molecule has 9 nitrogen and oxygen atoms in total. The minimum Gasteiger partial charge on any atom is -0.335 e. The van der Waals surface area contributed by atoms with E-state index in [4.69, 9.17) is 11.6 Å². The number of likely N-dealkylation sites (tertiary alicyclic amines) is 2. The maximum atomic E-state index is 13.5. The molecule has 1 N–H and O–H groups in total. The lowest BCUT2D eigenvalue weighted by molar-refractivity contribution is -0.186. The lowest BCUT2D eigenvalue weighted by Crippen LogP contribution is -2.52. The van der Waals surface area contributed by atoms with Crippen LogP contribution in [0, 0.1) is 26.7 Å². The van der Waals surface area contributed by atoms with Crippen LogP contribution in [-0.4, -0.2) is 95.6 Å². The Labute approximate surface area is 266 Å². The Morgan fingerprint density at radius 3 is 2.44 bits per heavy atom. The molecular formula is C32H38ClF3N6O3. The van der Waals surface area contributed by atoms with Gasteiger partial charge in [0, 0.05) is 80.9 Å². The van der Waals surface area contributed by atoms with Crippen LogP contribution in [0.4, 0.5) is 23.7 Å². The minimum atomic E-state index is -4.91. The van der Waals surface area contributed by atoms with Gasteiger partial charge in [-0.1, -0.05) is 17.7 Å². The van der Waals surface area contributed by atoms with Gasteiger partial charge in [0.15, 0.2) is 0 Å². The number of carbonyl (C=O) groups excluding carboxylic acids is 3. The summed E-state index contributed by atoms with van der Waals surface area (Å²) in [6.07, 6.45) is -0.0751. The fourth-order valence-corrected chi connectivity index (χ4v) is 6.55. The first kappa shape index (κ1) is 32.7. The molecule has 1 aromatic heterocycles. The van der Waals surface area contributed by atoms with Gasteiger partial charge in [0.05, 0.1) is 11.3 Å². The SMILES string of the molecule is Cc1ccc(N(CCCN2CC3=CN(C(=O)c4c(C)ccnc4C)CC3C2)C(=O)NC2CCN(C(=O)C(F)(F)F)CC2)cc1Cl. The van der Waals surface area contributed by atoms with Crippen LogP contribution in [0.3, 0.4) is 0 Å². The molecule has 4 heterocycles. The number of hydrogen-bond donors (Lipinski definition) is 1. The number of hydrogen-bond acceptors (Lipinski definition) is 5. The van der Waals surface area contributed by atoms with Crippen molar-refractivity contribution in [3.8, 4) is 0 Å². The summed E-state index contributed by atoms with van der Waals surface area (Å²) in [5, 5.41) is 3.48. The number of halogens is 4. The molecular weight excluding hydrogens is 609 g/mol. The topological polar surface area (TPSA) is 89.1 Å². The van der Waals surface area contributed by atoms with Crippen molar-refractivity contribution in [1.82, 2.24) is 25.0 Å². The van der Waals surface area contributed by atoms with Gasteiger partial charge in [0.1, 0.15) is 0 Å². The molecule has 0 saturated carbocycles. The van der Waals surface area contributed by atoms with Gasteiger partial charge in [-0.25, -0.2) is 4.79 Å². The standard InChI is InChI=1S/C32H38ClF3N6O3/c1-20-5-6-26(15-27(20)33)42(31(45)38-25-8-13-40(14-9-25)30(44)32(34,35)36)12-4-11-39-16-23-18-41(19-24(23)17-39)29(43)28-21(2)7-10-37-22(28)3/h5-7,10,15,18,24-25H,4,8-9,11-14,16-17,19H2,1-3H3,(H,38,45). The number of alkyl halides is 3. The second kappa shape index (κ2) is 13.4. The van der Waals surface area contributed by atoms with Crippen LogP contribution in [0.5, 0.6) is 0 Å². The number of urea groups is 1. The largest absolute Gasteiger partial charge is 0.471 e. The van der Waals surface area contributed by atoms with Crippen molar-refractivity contribution >= 4 is 35.1 Å². The van der Waals surface area contributed by atoms with Gasteiger partial charge in [-0.15, -0.1) is 0 Å². The monoisotopic (exact) mass is 646 g/mol. The first-order valence-electron chi connectivity index (χ1n) is 15.2. The Morgan fingerprint density at radius 2 is 1.80 bits per heavy atom. The molecule has 3 aliphatic heterocycles. The molecule has 0 aliphatic carbocycles. The number of benzene rings is 1. The molecule has 0 radical (unpaired) electrons. The fraction of sp³-hybridized carbons (Fsp3) is 0.500. The summed E-state index contributed by atoms with van der Waals surface area (Å²) in [5.74, 6) is -1.61.